The quantitative estimate of drug-likeness (QED) is 0.861. The van der Waals surface area contributed by atoms with E-state index in [0.29, 0.717) is 6.42 Å². The molecule has 17 heavy (non-hydrogen) atoms. The number of nitrogens with zero attached hydrogens (tertiary/aromatic N) is 1. The summed E-state index contributed by atoms with van der Waals surface area (Å²) in [7, 11) is 0. The first-order valence-corrected chi connectivity index (χ1v) is 5.25. The smallest absolute Gasteiger partial charge is 0.388 e. The number of pyridine rings is 1. The Morgan fingerprint density at radius 1 is 1.35 bits per heavy atom. The van der Waals surface area contributed by atoms with Crippen LogP contribution >= 0.6 is 0 Å². The van der Waals surface area contributed by atoms with Crippen molar-refractivity contribution in [3.63, 3.8) is 0 Å². The molecule has 0 saturated carbocycles. The van der Waals surface area contributed by atoms with Gasteiger partial charge < -0.3 is 10.4 Å². The van der Waals surface area contributed by atoms with Gasteiger partial charge in [0.25, 0.3) is 0 Å². The molecule has 0 fully saturated rings. The lowest BCUT2D eigenvalue weighted by Gasteiger charge is -2.22. The molecular formula is C11H15F3N2O. The highest BCUT2D eigenvalue weighted by atomic mass is 19.4. The third-order valence-electron chi connectivity index (χ3n) is 2.45. The van der Waals surface area contributed by atoms with Crippen LogP contribution in [0.15, 0.2) is 18.2 Å². The van der Waals surface area contributed by atoms with Gasteiger partial charge in [0.15, 0.2) is 0 Å². The number of alkyl halides is 3. The second kappa shape index (κ2) is 4.91. The molecule has 1 rings (SSSR count). The molecule has 1 aromatic heterocycles. The zero-order valence-corrected chi connectivity index (χ0v) is 9.67. The van der Waals surface area contributed by atoms with Crippen LogP contribution < -0.4 is 5.32 Å². The summed E-state index contributed by atoms with van der Waals surface area (Å²) >= 11 is 0. The Labute approximate surface area is 97.7 Å². The van der Waals surface area contributed by atoms with Crippen molar-refractivity contribution in [2.75, 3.05) is 11.9 Å². The number of rotatable bonds is 4. The van der Waals surface area contributed by atoms with Gasteiger partial charge in [-0.05, 0) is 25.5 Å². The molecule has 0 aromatic carbocycles. The molecule has 0 spiro atoms. The molecule has 0 aliphatic heterocycles. The zero-order chi connectivity index (χ0) is 13.1. The van der Waals surface area contributed by atoms with Gasteiger partial charge in [0.05, 0.1) is 5.60 Å². The standard InChI is InChI=1S/C11H15F3N2O/c1-3-10(2,17)7-15-9-6-4-5-8(16-9)11(12,13)14/h4-6,17H,3,7H2,1-2H3,(H,15,16). The first kappa shape index (κ1) is 13.8. The van der Waals surface area contributed by atoms with E-state index in [1.54, 1.807) is 13.8 Å². The summed E-state index contributed by atoms with van der Waals surface area (Å²) in [6.07, 6.45) is -3.95. The number of anilines is 1. The van der Waals surface area contributed by atoms with Crippen LogP contribution in [0.25, 0.3) is 0 Å². The van der Waals surface area contributed by atoms with Crippen LogP contribution in [0.2, 0.25) is 0 Å². The SMILES string of the molecule is CCC(C)(O)CNc1cccc(C(F)(F)F)n1. The molecule has 2 N–H and O–H groups in total. The van der Waals surface area contributed by atoms with Gasteiger partial charge in [-0.15, -0.1) is 0 Å². The van der Waals surface area contributed by atoms with Gasteiger partial charge in [0.2, 0.25) is 0 Å². The lowest BCUT2D eigenvalue weighted by Crippen LogP contribution is -2.32. The molecule has 0 radical (unpaired) electrons. The van der Waals surface area contributed by atoms with E-state index >= 15 is 0 Å². The van der Waals surface area contributed by atoms with Crippen LogP contribution in [0.1, 0.15) is 26.0 Å². The van der Waals surface area contributed by atoms with E-state index in [-0.39, 0.29) is 12.4 Å². The molecule has 96 valence electrons. The van der Waals surface area contributed by atoms with Crippen LogP contribution in [-0.4, -0.2) is 22.2 Å². The van der Waals surface area contributed by atoms with Crippen LogP contribution in [0, 0.1) is 0 Å². The summed E-state index contributed by atoms with van der Waals surface area (Å²) in [5, 5.41) is 12.4. The monoisotopic (exact) mass is 248 g/mol. The lowest BCUT2D eigenvalue weighted by molar-refractivity contribution is -0.141. The third kappa shape index (κ3) is 4.22. The normalized spacial score (nSPS) is 15.4. The van der Waals surface area contributed by atoms with E-state index in [4.69, 9.17) is 0 Å². The number of hydrogen-bond donors (Lipinski definition) is 2. The minimum absolute atomic E-state index is 0.105. The maximum Gasteiger partial charge on any atom is 0.433 e. The van der Waals surface area contributed by atoms with Gasteiger partial charge in [-0.3, -0.25) is 0 Å². The largest absolute Gasteiger partial charge is 0.433 e. The highest BCUT2D eigenvalue weighted by Crippen LogP contribution is 2.28. The van der Waals surface area contributed by atoms with Crippen molar-refractivity contribution < 1.29 is 18.3 Å². The maximum atomic E-state index is 12.4. The average molecular weight is 248 g/mol. The predicted octanol–water partition coefficient (Wildman–Crippen LogP) is 2.67. The Morgan fingerprint density at radius 3 is 2.53 bits per heavy atom. The Balaban J connectivity index is 2.74. The molecular weight excluding hydrogens is 233 g/mol. The second-order valence-electron chi connectivity index (χ2n) is 4.11. The molecule has 1 unspecified atom stereocenters. The molecule has 0 bridgehead atoms. The first-order chi connectivity index (χ1) is 7.74. The molecule has 6 heteroatoms. The van der Waals surface area contributed by atoms with Gasteiger partial charge in [-0.25, -0.2) is 4.98 Å². The maximum absolute atomic E-state index is 12.4. The van der Waals surface area contributed by atoms with E-state index in [0.717, 1.165) is 6.07 Å². The summed E-state index contributed by atoms with van der Waals surface area (Å²) in [4.78, 5) is 3.43. The van der Waals surface area contributed by atoms with Crippen molar-refractivity contribution in [2.45, 2.75) is 32.0 Å². The second-order valence-corrected chi connectivity index (χ2v) is 4.11. The van der Waals surface area contributed by atoms with Crippen LogP contribution in [0.4, 0.5) is 19.0 Å². The van der Waals surface area contributed by atoms with E-state index in [2.05, 4.69) is 10.3 Å². The number of hydrogen-bond acceptors (Lipinski definition) is 3. The summed E-state index contributed by atoms with van der Waals surface area (Å²) in [5.41, 5.74) is -1.91. The molecule has 0 saturated heterocycles. The van der Waals surface area contributed by atoms with Gasteiger partial charge in [-0.1, -0.05) is 13.0 Å². The Hall–Kier alpha value is -1.30. The fraction of sp³-hybridized carbons (Fsp3) is 0.545. The third-order valence-corrected chi connectivity index (χ3v) is 2.45. The van der Waals surface area contributed by atoms with Crippen LogP contribution in [0.5, 0.6) is 0 Å². The summed E-state index contributed by atoms with van der Waals surface area (Å²) in [5.74, 6) is 0.105. The number of aromatic nitrogens is 1. The number of nitrogens with one attached hydrogen (secondary N) is 1. The van der Waals surface area contributed by atoms with Crippen LogP contribution in [-0.2, 0) is 6.18 Å². The van der Waals surface area contributed by atoms with Crippen molar-refractivity contribution in [2.24, 2.45) is 0 Å². The Bertz CT molecular complexity index is 377. The molecule has 1 aromatic rings. The summed E-state index contributed by atoms with van der Waals surface area (Å²) < 4.78 is 37.1. The molecule has 1 heterocycles. The Kier molecular flexibility index (Phi) is 3.98. The van der Waals surface area contributed by atoms with Crippen molar-refractivity contribution in [3.8, 4) is 0 Å². The minimum atomic E-state index is -4.45. The number of halogens is 3. The topological polar surface area (TPSA) is 45.1 Å². The van der Waals surface area contributed by atoms with Crippen molar-refractivity contribution in [3.05, 3.63) is 23.9 Å². The fourth-order valence-electron chi connectivity index (χ4n) is 1.10. The molecule has 0 aliphatic carbocycles. The molecule has 1 atom stereocenters. The number of aliphatic hydroxyl groups is 1. The van der Waals surface area contributed by atoms with Crippen molar-refractivity contribution in [1.82, 2.24) is 4.98 Å². The van der Waals surface area contributed by atoms with E-state index in [9.17, 15) is 18.3 Å². The summed E-state index contributed by atoms with van der Waals surface area (Å²) in [6, 6.07) is 3.61. The average Bonchev–Trinajstić information content (AvgIpc) is 2.26. The molecule has 0 amide bonds. The highest BCUT2D eigenvalue weighted by molar-refractivity contribution is 5.36. The highest BCUT2D eigenvalue weighted by Gasteiger charge is 2.32. The van der Waals surface area contributed by atoms with Gasteiger partial charge >= 0.3 is 6.18 Å². The van der Waals surface area contributed by atoms with E-state index in [1.807, 2.05) is 0 Å². The minimum Gasteiger partial charge on any atom is -0.388 e. The van der Waals surface area contributed by atoms with Gasteiger partial charge in [-0.2, -0.15) is 13.2 Å². The molecule has 3 nitrogen and oxygen atoms in total. The van der Waals surface area contributed by atoms with E-state index in [1.165, 1.54) is 12.1 Å². The van der Waals surface area contributed by atoms with Crippen molar-refractivity contribution >= 4 is 5.82 Å². The van der Waals surface area contributed by atoms with Gasteiger partial charge in [0, 0.05) is 6.54 Å². The van der Waals surface area contributed by atoms with Crippen molar-refractivity contribution in [1.29, 1.82) is 0 Å². The lowest BCUT2D eigenvalue weighted by atomic mass is 10.0. The predicted molar refractivity (Wildman–Crippen MR) is 58.6 cm³/mol. The zero-order valence-electron chi connectivity index (χ0n) is 9.67. The molecule has 0 aliphatic rings. The first-order valence-electron chi connectivity index (χ1n) is 5.25. The van der Waals surface area contributed by atoms with E-state index < -0.39 is 17.5 Å². The Morgan fingerprint density at radius 2 is 2.00 bits per heavy atom. The van der Waals surface area contributed by atoms with Gasteiger partial charge in [0.1, 0.15) is 11.5 Å². The summed E-state index contributed by atoms with van der Waals surface area (Å²) in [6.45, 7) is 3.55. The fourth-order valence-corrected chi connectivity index (χ4v) is 1.10. The van der Waals surface area contributed by atoms with Crippen LogP contribution in [0.3, 0.4) is 0 Å².